The number of benzene rings is 1. The molecule has 2 aromatic rings. The lowest BCUT2D eigenvalue weighted by Gasteiger charge is -2.38. The average Bonchev–Trinajstić information content (AvgIpc) is 2.98. The average molecular weight is 303 g/mol. The molecular weight excluding hydrogens is 282 g/mol. The fourth-order valence-electron chi connectivity index (χ4n) is 2.88. The van der Waals surface area contributed by atoms with E-state index in [0.29, 0.717) is 13.2 Å². The number of imidazole rings is 1. The van der Waals surface area contributed by atoms with Crippen molar-refractivity contribution in [3.05, 3.63) is 30.6 Å². The summed E-state index contributed by atoms with van der Waals surface area (Å²) in [6, 6.07) is 7.44. The van der Waals surface area contributed by atoms with Gasteiger partial charge in [-0.15, -0.1) is 0 Å². The molecular formula is C16H21N3O3. The van der Waals surface area contributed by atoms with Crippen LogP contribution in [-0.2, 0) is 9.53 Å². The van der Waals surface area contributed by atoms with Crippen molar-refractivity contribution in [2.45, 2.75) is 32.0 Å². The first-order chi connectivity index (χ1) is 10.6. The van der Waals surface area contributed by atoms with Gasteiger partial charge in [-0.3, -0.25) is 4.79 Å². The Balaban J connectivity index is 1.84. The van der Waals surface area contributed by atoms with E-state index in [1.54, 1.807) is 11.2 Å². The minimum Gasteiger partial charge on any atom is -0.394 e. The highest BCUT2D eigenvalue weighted by atomic mass is 16.5. The molecule has 0 saturated carbocycles. The minimum absolute atomic E-state index is 0.00698. The van der Waals surface area contributed by atoms with Crippen LogP contribution in [0, 0.1) is 0 Å². The monoisotopic (exact) mass is 303 g/mol. The van der Waals surface area contributed by atoms with Crippen molar-refractivity contribution in [3.8, 4) is 0 Å². The van der Waals surface area contributed by atoms with Gasteiger partial charge in [0.1, 0.15) is 6.04 Å². The minimum atomic E-state index is -0.340. The molecule has 0 bridgehead atoms. The van der Waals surface area contributed by atoms with Gasteiger partial charge in [-0.25, -0.2) is 4.98 Å². The zero-order chi connectivity index (χ0) is 15.7. The SMILES string of the molecule is CC1COC(CO)CN1C(=O)C(C)n1cnc2ccccc21. The maximum Gasteiger partial charge on any atom is 0.245 e. The van der Waals surface area contributed by atoms with Crippen molar-refractivity contribution in [1.29, 1.82) is 0 Å². The van der Waals surface area contributed by atoms with E-state index in [9.17, 15) is 9.90 Å². The standard InChI is InChI=1S/C16H21N3O3/c1-11-9-22-13(8-20)7-18(11)16(21)12(2)19-10-17-14-5-3-4-6-15(14)19/h3-6,10-13,20H,7-9H2,1-2H3. The van der Waals surface area contributed by atoms with Crippen LogP contribution in [0.2, 0.25) is 0 Å². The Morgan fingerprint density at radius 1 is 1.50 bits per heavy atom. The van der Waals surface area contributed by atoms with Gasteiger partial charge >= 0.3 is 0 Å². The Bertz CT molecular complexity index is 669. The molecule has 6 heteroatoms. The number of aliphatic hydroxyl groups excluding tert-OH is 1. The second-order valence-corrected chi connectivity index (χ2v) is 5.79. The Kier molecular flexibility index (Phi) is 4.13. The van der Waals surface area contributed by atoms with Crippen molar-refractivity contribution < 1.29 is 14.6 Å². The maximum absolute atomic E-state index is 12.9. The third-order valence-electron chi connectivity index (χ3n) is 4.25. The highest BCUT2D eigenvalue weighted by Gasteiger charge is 2.32. The molecule has 1 amide bonds. The number of ether oxygens (including phenoxy) is 1. The van der Waals surface area contributed by atoms with Gasteiger partial charge in [-0.05, 0) is 26.0 Å². The number of carbonyl (C=O) groups excluding carboxylic acids is 1. The second kappa shape index (κ2) is 6.06. The van der Waals surface area contributed by atoms with Crippen LogP contribution in [0.3, 0.4) is 0 Å². The first-order valence-electron chi connectivity index (χ1n) is 7.56. The Morgan fingerprint density at radius 3 is 3.05 bits per heavy atom. The molecule has 1 aliphatic rings. The Hall–Kier alpha value is -1.92. The zero-order valence-corrected chi connectivity index (χ0v) is 12.8. The smallest absolute Gasteiger partial charge is 0.245 e. The summed E-state index contributed by atoms with van der Waals surface area (Å²) in [4.78, 5) is 19.0. The van der Waals surface area contributed by atoms with Gasteiger partial charge in [0.15, 0.2) is 0 Å². The van der Waals surface area contributed by atoms with Gasteiger partial charge in [0, 0.05) is 6.54 Å². The lowest BCUT2D eigenvalue weighted by molar-refractivity contribution is -0.149. The number of carbonyl (C=O) groups is 1. The predicted octanol–water partition coefficient (Wildman–Crippen LogP) is 1.21. The molecule has 1 N–H and O–H groups in total. The van der Waals surface area contributed by atoms with Gasteiger partial charge < -0.3 is 19.3 Å². The molecule has 2 heterocycles. The van der Waals surface area contributed by atoms with Crippen LogP contribution in [-0.4, -0.2) is 57.4 Å². The van der Waals surface area contributed by atoms with Crippen LogP contribution in [0.15, 0.2) is 30.6 Å². The van der Waals surface area contributed by atoms with E-state index < -0.39 is 0 Å². The molecule has 0 aliphatic carbocycles. The van der Waals surface area contributed by atoms with Crippen LogP contribution < -0.4 is 0 Å². The number of amides is 1. The van der Waals surface area contributed by atoms with Crippen LogP contribution >= 0.6 is 0 Å². The zero-order valence-electron chi connectivity index (χ0n) is 12.8. The lowest BCUT2D eigenvalue weighted by Crippen LogP contribution is -2.53. The largest absolute Gasteiger partial charge is 0.394 e. The number of para-hydroxylation sites is 2. The van der Waals surface area contributed by atoms with Gasteiger partial charge in [0.2, 0.25) is 5.91 Å². The Labute approximate surface area is 129 Å². The number of hydrogen-bond donors (Lipinski definition) is 1. The molecule has 3 atom stereocenters. The summed E-state index contributed by atoms with van der Waals surface area (Å²) >= 11 is 0. The van der Waals surface area contributed by atoms with Crippen LogP contribution in [0.5, 0.6) is 0 Å². The number of morpholine rings is 1. The highest BCUT2D eigenvalue weighted by Crippen LogP contribution is 2.21. The van der Waals surface area contributed by atoms with Crippen molar-refractivity contribution in [3.63, 3.8) is 0 Å². The molecule has 1 saturated heterocycles. The fraction of sp³-hybridized carbons (Fsp3) is 0.500. The number of aromatic nitrogens is 2. The molecule has 3 rings (SSSR count). The normalized spacial score (nSPS) is 23.7. The van der Waals surface area contributed by atoms with E-state index in [1.165, 1.54) is 0 Å². The molecule has 0 spiro atoms. The molecule has 1 aromatic heterocycles. The number of aliphatic hydroxyl groups is 1. The van der Waals surface area contributed by atoms with E-state index in [2.05, 4.69) is 4.98 Å². The van der Waals surface area contributed by atoms with Crippen molar-refractivity contribution >= 4 is 16.9 Å². The summed E-state index contributed by atoms with van der Waals surface area (Å²) in [6.07, 6.45) is 1.41. The molecule has 118 valence electrons. The summed E-state index contributed by atoms with van der Waals surface area (Å²) in [7, 11) is 0. The van der Waals surface area contributed by atoms with Crippen LogP contribution in [0.4, 0.5) is 0 Å². The fourth-order valence-corrected chi connectivity index (χ4v) is 2.88. The third-order valence-corrected chi connectivity index (χ3v) is 4.25. The number of rotatable bonds is 3. The lowest BCUT2D eigenvalue weighted by atomic mass is 10.1. The number of fused-ring (bicyclic) bond motifs is 1. The molecule has 6 nitrogen and oxygen atoms in total. The number of nitrogens with zero attached hydrogens (tertiary/aromatic N) is 3. The summed E-state index contributed by atoms with van der Waals surface area (Å²) in [6.45, 7) is 4.65. The van der Waals surface area contributed by atoms with E-state index in [1.807, 2.05) is 42.7 Å². The summed E-state index contributed by atoms with van der Waals surface area (Å²) in [5, 5.41) is 9.26. The molecule has 0 radical (unpaired) electrons. The van der Waals surface area contributed by atoms with Crippen LogP contribution in [0.1, 0.15) is 19.9 Å². The van der Waals surface area contributed by atoms with E-state index in [4.69, 9.17) is 4.74 Å². The van der Waals surface area contributed by atoms with E-state index >= 15 is 0 Å². The van der Waals surface area contributed by atoms with Crippen LogP contribution in [0.25, 0.3) is 11.0 Å². The van der Waals surface area contributed by atoms with Gasteiger partial charge in [0.05, 0.1) is 42.7 Å². The molecule has 1 aromatic carbocycles. The third kappa shape index (κ3) is 2.60. The second-order valence-electron chi connectivity index (χ2n) is 5.79. The van der Waals surface area contributed by atoms with Crippen molar-refractivity contribution in [2.24, 2.45) is 0 Å². The van der Waals surface area contributed by atoms with Gasteiger partial charge in [-0.1, -0.05) is 12.1 Å². The van der Waals surface area contributed by atoms with Gasteiger partial charge in [0.25, 0.3) is 0 Å². The Morgan fingerprint density at radius 2 is 2.27 bits per heavy atom. The first kappa shape index (κ1) is 15.0. The molecule has 1 fully saturated rings. The van der Waals surface area contributed by atoms with Gasteiger partial charge in [-0.2, -0.15) is 0 Å². The molecule has 22 heavy (non-hydrogen) atoms. The number of hydrogen-bond acceptors (Lipinski definition) is 4. The first-order valence-corrected chi connectivity index (χ1v) is 7.56. The highest BCUT2D eigenvalue weighted by molar-refractivity contribution is 5.84. The quantitative estimate of drug-likeness (QED) is 0.925. The summed E-state index contributed by atoms with van der Waals surface area (Å²) < 4.78 is 7.39. The summed E-state index contributed by atoms with van der Waals surface area (Å²) in [5.74, 6) is 0.0254. The van der Waals surface area contributed by atoms with Crippen molar-refractivity contribution in [1.82, 2.24) is 14.5 Å². The summed E-state index contributed by atoms with van der Waals surface area (Å²) in [5.41, 5.74) is 1.83. The maximum atomic E-state index is 12.9. The van der Waals surface area contributed by atoms with E-state index in [0.717, 1.165) is 11.0 Å². The molecule has 3 unspecified atom stereocenters. The van der Waals surface area contributed by atoms with E-state index in [-0.39, 0.29) is 30.7 Å². The van der Waals surface area contributed by atoms with Crippen molar-refractivity contribution in [2.75, 3.05) is 19.8 Å². The predicted molar refractivity (Wildman–Crippen MR) is 82.4 cm³/mol. The molecule has 1 aliphatic heterocycles. The topological polar surface area (TPSA) is 67.6 Å².